The van der Waals surface area contributed by atoms with Gasteiger partial charge in [-0.15, -0.1) is 0 Å². The second-order valence-electron chi connectivity index (χ2n) is 7.99. The zero-order valence-corrected chi connectivity index (χ0v) is 16.2. The number of hydrogen-bond acceptors (Lipinski definition) is 5. The summed E-state index contributed by atoms with van der Waals surface area (Å²) in [5.41, 5.74) is 0.945. The predicted molar refractivity (Wildman–Crippen MR) is 103 cm³/mol. The summed E-state index contributed by atoms with van der Waals surface area (Å²) >= 11 is 0. The molecule has 0 radical (unpaired) electrons. The first kappa shape index (κ1) is 18.1. The lowest BCUT2D eigenvalue weighted by molar-refractivity contribution is -0.142. The molecule has 2 aromatic rings. The molecule has 1 aliphatic heterocycles. The summed E-state index contributed by atoms with van der Waals surface area (Å²) in [7, 11) is 0. The molecule has 0 N–H and O–H groups in total. The monoisotopic (exact) mass is 396 g/mol. The second-order valence-corrected chi connectivity index (χ2v) is 7.99. The van der Waals surface area contributed by atoms with Gasteiger partial charge >= 0.3 is 0 Å². The SMILES string of the molecule is O=C(CN(C(=O)C1CC1)C1CC1)N(Cc1ccc2c(c1)OCO2)Cc1ccco1. The number of carbonyl (C=O) groups excluding carboxylic acids is 2. The molecule has 2 saturated carbocycles. The molecule has 3 aliphatic rings. The van der Waals surface area contributed by atoms with Crippen LogP contribution in [0.25, 0.3) is 0 Å². The van der Waals surface area contributed by atoms with Crippen LogP contribution in [0.1, 0.15) is 37.0 Å². The molecule has 7 heteroatoms. The maximum atomic E-state index is 13.2. The molecule has 0 spiro atoms. The van der Waals surface area contributed by atoms with Crippen LogP contribution < -0.4 is 9.47 Å². The molecule has 2 amide bonds. The van der Waals surface area contributed by atoms with Crippen molar-refractivity contribution in [3.8, 4) is 11.5 Å². The lowest BCUT2D eigenvalue weighted by Crippen LogP contribution is -2.44. The van der Waals surface area contributed by atoms with Crippen molar-refractivity contribution in [1.82, 2.24) is 9.80 Å². The summed E-state index contributed by atoms with van der Waals surface area (Å²) in [5, 5.41) is 0. The van der Waals surface area contributed by atoms with Crippen LogP contribution in [0.5, 0.6) is 11.5 Å². The molecular formula is C22H24N2O5. The van der Waals surface area contributed by atoms with Gasteiger partial charge in [0, 0.05) is 18.5 Å². The lowest BCUT2D eigenvalue weighted by Gasteiger charge is -2.27. The van der Waals surface area contributed by atoms with Crippen molar-refractivity contribution in [2.24, 2.45) is 5.92 Å². The van der Waals surface area contributed by atoms with E-state index in [1.165, 1.54) is 0 Å². The van der Waals surface area contributed by atoms with Gasteiger partial charge in [-0.05, 0) is 55.5 Å². The fourth-order valence-electron chi connectivity index (χ4n) is 3.67. The first-order valence-corrected chi connectivity index (χ1v) is 10.2. The summed E-state index contributed by atoms with van der Waals surface area (Å²) in [4.78, 5) is 29.4. The molecule has 0 unspecified atom stereocenters. The minimum atomic E-state index is -0.0695. The zero-order valence-electron chi connectivity index (χ0n) is 16.2. The Hall–Kier alpha value is -2.96. The second kappa shape index (κ2) is 7.46. The van der Waals surface area contributed by atoms with Gasteiger partial charge in [0.05, 0.1) is 12.8 Å². The van der Waals surface area contributed by atoms with Gasteiger partial charge in [0.1, 0.15) is 12.3 Å². The Morgan fingerprint density at radius 1 is 1.00 bits per heavy atom. The number of amides is 2. The number of rotatable bonds is 8. The molecule has 2 heterocycles. The molecule has 0 bridgehead atoms. The molecule has 29 heavy (non-hydrogen) atoms. The topological polar surface area (TPSA) is 72.2 Å². The minimum Gasteiger partial charge on any atom is -0.467 e. The van der Waals surface area contributed by atoms with Gasteiger partial charge in [0.2, 0.25) is 18.6 Å². The number of hydrogen-bond donors (Lipinski definition) is 0. The Labute approximate surface area is 169 Å². The Bertz CT molecular complexity index is 902. The van der Waals surface area contributed by atoms with Crippen LogP contribution in [-0.2, 0) is 22.7 Å². The van der Waals surface area contributed by atoms with E-state index in [1.54, 1.807) is 16.1 Å². The van der Waals surface area contributed by atoms with Gasteiger partial charge < -0.3 is 23.7 Å². The van der Waals surface area contributed by atoms with Gasteiger partial charge in [-0.25, -0.2) is 0 Å². The van der Waals surface area contributed by atoms with Gasteiger partial charge in [-0.3, -0.25) is 9.59 Å². The van der Waals surface area contributed by atoms with E-state index >= 15 is 0 Å². The zero-order chi connectivity index (χ0) is 19.8. The van der Waals surface area contributed by atoms with Crippen LogP contribution in [0, 0.1) is 5.92 Å². The number of nitrogens with zero attached hydrogens (tertiary/aromatic N) is 2. The molecule has 152 valence electrons. The fraction of sp³-hybridized carbons (Fsp3) is 0.455. The molecule has 0 saturated heterocycles. The van der Waals surface area contributed by atoms with E-state index in [1.807, 2.05) is 30.3 Å². The van der Waals surface area contributed by atoms with Gasteiger partial charge in [0.15, 0.2) is 11.5 Å². The van der Waals surface area contributed by atoms with Crippen molar-refractivity contribution < 1.29 is 23.5 Å². The van der Waals surface area contributed by atoms with E-state index in [0.29, 0.717) is 30.3 Å². The quantitative estimate of drug-likeness (QED) is 0.686. The molecule has 1 aromatic carbocycles. The molecule has 2 aliphatic carbocycles. The number of fused-ring (bicyclic) bond motifs is 1. The summed E-state index contributed by atoms with van der Waals surface area (Å²) < 4.78 is 16.3. The highest BCUT2D eigenvalue weighted by atomic mass is 16.7. The maximum Gasteiger partial charge on any atom is 0.242 e. The Balaban J connectivity index is 1.33. The molecule has 1 aromatic heterocycles. The van der Waals surface area contributed by atoms with E-state index < -0.39 is 0 Å². The standard InChI is InChI=1S/C22H24N2O5/c25-21(13-24(17-6-7-17)22(26)16-4-5-16)23(12-18-2-1-9-27-18)11-15-3-8-19-20(10-15)29-14-28-19/h1-3,8-10,16-17H,4-7,11-14H2. The lowest BCUT2D eigenvalue weighted by atomic mass is 10.1. The van der Waals surface area contributed by atoms with Gasteiger partial charge in [0.25, 0.3) is 0 Å². The largest absolute Gasteiger partial charge is 0.467 e. The van der Waals surface area contributed by atoms with Crippen LogP contribution in [0.2, 0.25) is 0 Å². The minimum absolute atomic E-state index is 0.0695. The van der Waals surface area contributed by atoms with Gasteiger partial charge in [-0.1, -0.05) is 6.07 Å². The molecule has 2 fully saturated rings. The van der Waals surface area contributed by atoms with Crippen LogP contribution >= 0.6 is 0 Å². The summed E-state index contributed by atoms with van der Waals surface area (Å²) in [6.45, 7) is 1.11. The van der Waals surface area contributed by atoms with E-state index in [0.717, 1.165) is 31.2 Å². The fourth-order valence-corrected chi connectivity index (χ4v) is 3.67. The van der Waals surface area contributed by atoms with Gasteiger partial charge in [-0.2, -0.15) is 0 Å². The van der Waals surface area contributed by atoms with Crippen molar-refractivity contribution >= 4 is 11.8 Å². The summed E-state index contributed by atoms with van der Waals surface area (Å²) in [6.07, 6.45) is 5.48. The third-order valence-corrected chi connectivity index (χ3v) is 5.59. The third kappa shape index (κ3) is 4.09. The molecule has 0 atom stereocenters. The smallest absolute Gasteiger partial charge is 0.242 e. The van der Waals surface area contributed by atoms with E-state index in [-0.39, 0.29) is 37.1 Å². The van der Waals surface area contributed by atoms with E-state index in [9.17, 15) is 9.59 Å². The number of carbonyl (C=O) groups is 2. The van der Waals surface area contributed by atoms with Crippen LogP contribution in [0.4, 0.5) is 0 Å². The highest BCUT2D eigenvalue weighted by molar-refractivity contribution is 5.87. The Morgan fingerprint density at radius 3 is 2.55 bits per heavy atom. The van der Waals surface area contributed by atoms with Crippen LogP contribution in [-0.4, -0.2) is 41.0 Å². The first-order chi connectivity index (χ1) is 14.2. The first-order valence-electron chi connectivity index (χ1n) is 10.2. The van der Waals surface area contributed by atoms with Crippen molar-refractivity contribution in [1.29, 1.82) is 0 Å². The third-order valence-electron chi connectivity index (χ3n) is 5.59. The molecular weight excluding hydrogens is 372 g/mol. The van der Waals surface area contributed by atoms with Crippen molar-refractivity contribution in [3.05, 3.63) is 47.9 Å². The number of furan rings is 1. The predicted octanol–water partition coefficient (Wildman–Crippen LogP) is 2.94. The molecule has 7 nitrogen and oxygen atoms in total. The number of benzene rings is 1. The highest BCUT2D eigenvalue weighted by Gasteiger charge is 2.41. The van der Waals surface area contributed by atoms with Crippen molar-refractivity contribution in [2.45, 2.75) is 44.8 Å². The Morgan fingerprint density at radius 2 is 1.83 bits per heavy atom. The van der Waals surface area contributed by atoms with Crippen molar-refractivity contribution in [2.75, 3.05) is 13.3 Å². The average molecular weight is 396 g/mol. The highest BCUT2D eigenvalue weighted by Crippen LogP contribution is 2.36. The normalized spacial score (nSPS) is 17.2. The average Bonchev–Trinajstić information content (AvgIpc) is 3.65. The van der Waals surface area contributed by atoms with Crippen LogP contribution in [0.15, 0.2) is 41.0 Å². The maximum absolute atomic E-state index is 13.2. The van der Waals surface area contributed by atoms with Crippen LogP contribution in [0.3, 0.4) is 0 Å². The Kier molecular flexibility index (Phi) is 4.66. The number of ether oxygens (including phenoxy) is 2. The molecule has 5 rings (SSSR count). The van der Waals surface area contributed by atoms with Crippen molar-refractivity contribution in [3.63, 3.8) is 0 Å². The summed E-state index contributed by atoms with van der Waals surface area (Å²) in [5.74, 6) is 2.31. The van der Waals surface area contributed by atoms with E-state index in [2.05, 4.69) is 0 Å². The summed E-state index contributed by atoms with van der Waals surface area (Å²) in [6, 6.07) is 9.59. The van der Waals surface area contributed by atoms with E-state index in [4.69, 9.17) is 13.9 Å².